The molecule has 0 aliphatic heterocycles. The Morgan fingerprint density at radius 3 is 1.00 bits per heavy atom. The van der Waals surface area contributed by atoms with Gasteiger partial charge in [-0.2, -0.15) is 0 Å². The van der Waals surface area contributed by atoms with E-state index in [9.17, 15) is 0 Å². The third-order valence-corrected chi connectivity index (χ3v) is 54.0. The van der Waals surface area contributed by atoms with Gasteiger partial charge >= 0.3 is 0 Å². The third-order valence-electron chi connectivity index (χ3n) is 2.00. The second kappa shape index (κ2) is 3.94. The van der Waals surface area contributed by atoms with Crippen LogP contribution in [-0.4, -0.2) is 30.8 Å². The first-order valence-electron chi connectivity index (χ1n) is 4.75. The Balaban J connectivity index is 4.70. The molecule has 0 N–H and O–H groups in total. The molecular weight excluding hydrogens is 208 g/mol. The fraction of sp³-hybridized carbons (Fsp3) is 1.00. The van der Waals surface area contributed by atoms with Crippen LogP contribution >= 0.6 is 0 Å². The topological polar surface area (TPSA) is 0 Å². The van der Waals surface area contributed by atoms with Crippen molar-refractivity contribution < 1.29 is 0 Å². The number of rotatable bonds is 3. The van der Waals surface area contributed by atoms with Crippen LogP contribution in [-0.2, 0) is 0 Å². The van der Waals surface area contributed by atoms with Gasteiger partial charge in [-0.1, -0.05) is 39.3 Å². The van der Waals surface area contributed by atoms with E-state index in [2.05, 4.69) is 52.4 Å². The second-order valence-corrected chi connectivity index (χ2v) is 38.6. The molecule has 0 aromatic rings. The molecule has 0 saturated carbocycles. The van der Waals surface area contributed by atoms with Crippen molar-refractivity contribution in [2.45, 2.75) is 52.4 Å². The predicted octanol–water partition coefficient (Wildman–Crippen LogP) is 3.15. The summed E-state index contributed by atoms with van der Waals surface area (Å²) in [6.45, 7) is 20.7. The van der Waals surface area contributed by atoms with Crippen LogP contribution in [0.3, 0.4) is 0 Å². The van der Waals surface area contributed by atoms with E-state index in [0.29, 0.717) is 0 Å². The molecular formula is C8H24Si4-. The fourth-order valence-electron chi connectivity index (χ4n) is 2.62. The van der Waals surface area contributed by atoms with Gasteiger partial charge in [-0.3, -0.25) is 7.35 Å². The molecule has 0 atom stereocenters. The summed E-state index contributed by atoms with van der Waals surface area (Å²) < 4.78 is 0. The average Bonchev–Trinajstić information content (AvgIpc) is 1.49. The maximum absolute atomic E-state index is 2.59. The van der Waals surface area contributed by atoms with Gasteiger partial charge in [0.1, 0.15) is 0 Å². The molecule has 0 fully saturated rings. The van der Waals surface area contributed by atoms with Crippen LogP contribution < -0.4 is 0 Å². The highest BCUT2D eigenvalue weighted by atomic mass is 29.9. The van der Waals surface area contributed by atoms with Crippen LogP contribution in [0.25, 0.3) is 0 Å². The molecule has 0 aromatic heterocycles. The minimum absolute atomic E-state index is 0.0376. The van der Waals surface area contributed by atoms with Crippen molar-refractivity contribution in [2.75, 3.05) is 0 Å². The molecule has 0 amide bonds. The lowest BCUT2D eigenvalue weighted by atomic mass is 11.8. The summed E-state index contributed by atoms with van der Waals surface area (Å²) in [7, 11) is -1.43. The summed E-state index contributed by atoms with van der Waals surface area (Å²) in [5.74, 6) is 0. The minimum Gasteiger partial charge on any atom is -0.256 e. The van der Waals surface area contributed by atoms with Crippen molar-refractivity contribution >= 4 is 30.8 Å². The summed E-state index contributed by atoms with van der Waals surface area (Å²) in [6.07, 6.45) is 0. The highest BCUT2D eigenvalue weighted by Crippen LogP contribution is 2.19. The first-order chi connectivity index (χ1) is 5.07. The molecule has 73 valence electrons. The molecule has 0 aliphatic carbocycles. The Hall–Kier alpha value is 0.868. The Morgan fingerprint density at radius 2 is 1.00 bits per heavy atom. The Labute approximate surface area is 83.4 Å². The van der Waals surface area contributed by atoms with Crippen molar-refractivity contribution in [3.63, 3.8) is 0 Å². The Morgan fingerprint density at radius 1 is 0.750 bits per heavy atom. The van der Waals surface area contributed by atoms with Gasteiger partial charge in [0, 0.05) is 0 Å². The smallest absolute Gasteiger partial charge is 0.0979 e. The van der Waals surface area contributed by atoms with Gasteiger partial charge in [0.25, 0.3) is 0 Å². The van der Waals surface area contributed by atoms with Crippen LogP contribution in [0.1, 0.15) is 0 Å². The first kappa shape index (κ1) is 12.9. The number of hydrogen-bond acceptors (Lipinski definition) is 0. The molecule has 0 aliphatic rings. The van der Waals surface area contributed by atoms with Gasteiger partial charge in [0.2, 0.25) is 0 Å². The Kier molecular flexibility index (Phi) is 4.22. The van der Waals surface area contributed by atoms with E-state index < -0.39 is 15.2 Å². The molecule has 0 aromatic carbocycles. The summed E-state index contributed by atoms with van der Waals surface area (Å²) in [5.41, 5.74) is 0. The van der Waals surface area contributed by atoms with Crippen molar-refractivity contribution in [3.8, 4) is 0 Å². The van der Waals surface area contributed by atoms with Crippen LogP contribution in [0.15, 0.2) is 0 Å². The fourth-order valence-corrected chi connectivity index (χ4v) is 70.9. The zero-order valence-electron chi connectivity index (χ0n) is 10.0. The largest absolute Gasteiger partial charge is 0.256 e. The molecule has 0 unspecified atom stereocenters. The SMILES string of the molecule is C[Si](C)[Si-]([Si](C)(C)C)[Si](C)(C)C. The first-order valence-corrected chi connectivity index (χ1v) is 18.8. The normalized spacial score (nSPS) is 14.5. The van der Waals surface area contributed by atoms with E-state index in [1.54, 1.807) is 0 Å². The van der Waals surface area contributed by atoms with E-state index in [1.807, 2.05) is 0 Å². The van der Waals surface area contributed by atoms with Crippen molar-refractivity contribution in [3.05, 3.63) is 0 Å². The van der Waals surface area contributed by atoms with Gasteiger partial charge in [0.05, 0.1) is 0 Å². The van der Waals surface area contributed by atoms with Crippen LogP contribution in [0.5, 0.6) is 0 Å². The van der Waals surface area contributed by atoms with Gasteiger partial charge < -0.3 is 0 Å². The van der Waals surface area contributed by atoms with E-state index in [-0.39, 0.29) is 15.7 Å². The van der Waals surface area contributed by atoms with Crippen LogP contribution in [0.4, 0.5) is 0 Å². The molecule has 0 rings (SSSR count). The molecule has 0 spiro atoms. The predicted molar refractivity (Wildman–Crippen MR) is 69.9 cm³/mol. The molecule has 0 heterocycles. The average molecular weight is 233 g/mol. The summed E-state index contributed by atoms with van der Waals surface area (Å²) >= 11 is 0. The summed E-state index contributed by atoms with van der Waals surface area (Å²) in [6, 6.07) is 0. The maximum Gasteiger partial charge on any atom is -0.0979 e. The minimum atomic E-state index is -0.776. The zero-order chi connectivity index (χ0) is 10.2. The maximum atomic E-state index is 2.59. The van der Waals surface area contributed by atoms with Crippen molar-refractivity contribution in [1.82, 2.24) is 0 Å². The molecule has 0 nitrogen and oxygen atoms in total. The van der Waals surface area contributed by atoms with Crippen LogP contribution in [0, 0.1) is 0 Å². The van der Waals surface area contributed by atoms with E-state index in [0.717, 1.165) is 0 Å². The lowest BCUT2D eigenvalue weighted by Gasteiger charge is -2.54. The standard InChI is InChI=1S/C8H24Si4/c1-9(2)10(11(3,4)5)12(6,7)8/h1-8H3/q-1. The zero-order valence-corrected chi connectivity index (χ0v) is 14.0. The number of hydrogen-bond donors (Lipinski definition) is 0. The molecule has 0 saturated heterocycles. The van der Waals surface area contributed by atoms with Crippen LogP contribution in [0.2, 0.25) is 52.4 Å². The van der Waals surface area contributed by atoms with Gasteiger partial charge in [0.15, 0.2) is 0 Å². The van der Waals surface area contributed by atoms with Gasteiger partial charge in [-0.25, -0.2) is 0 Å². The summed E-state index contributed by atoms with van der Waals surface area (Å²) in [4.78, 5) is 0. The van der Waals surface area contributed by atoms with Crippen molar-refractivity contribution in [2.24, 2.45) is 0 Å². The van der Waals surface area contributed by atoms with Gasteiger partial charge in [-0.15, -0.1) is 36.6 Å². The van der Waals surface area contributed by atoms with Gasteiger partial charge in [-0.05, 0) is 0 Å². The highest BCUT2D eigenvalue weighted by Gasteiger charge is 2.25. The van der Waals surface area contributed by atoms with E-state index in [4.69, 9.17) is 0 Å². The second-order valence-electron chi connectivity index (χ2n) is 5.88. The van der Waals surface area contributed by atoms with E-state index >= 15 is 0 Å². The molecule has 4 heteroatoms. The summed E-state index contributed by atoms with van der Waals surface area (Å²) in [5, 5.41) is 0. The van der Waals surface area contributed by atoms with Crippen molar-refractivity contribution in [1.29, 1.82) is 0 Å². The quantitative estimate of drug-likeness (QED) is 0.656. The molecule has 0 bridgehead atoms. The highest BCUT2D eigenvalue weighted by molar-refractivity contribution is 7.78. The molecule has 12 heavy (non-hydrogen) atoms. The monoisotopic (exact) mass is 232 g/mol. The Bertz CT molecular complexity index is 126. The lowest BCUT2D eigenvalue weighted by Crippen LogP contribution is -2.65. The van der Waals surface area contributed by atoms with E-state index in [1.165, 1.54) is 0 Å². The lowest BCUT2D eigenvalue weighted by molar-refractivity contribution is 1.80. The third kappa shape index (κ3) is 3.72. The molecule has 1 radical (unpaired) electrons.